The zero-order valence-electron chi connectivity index (χ0n) is 39.3. The molecular formula is C50H59ClF3N5O7S4. The van der Waals surface area contributed by atoms with Gasteiger partial charge in [0, 0.05) is 70.5 Å². The highest BCUT2D eigenvalue weighted by Crippen LogP contribution is 2.40. The Kier molecular flexibility index (Phi) is 18.8. The number of piperidine rings is 1. The highest BCUT2D eigenvalue weighted by Gasteiger charge is 2.48. The van der Waals surface area contributed by atoms with Crippen molar-refractivity contribution in [2.24, 2.45) is 5.92 Å². The molecule has 1 heterocycles. The van der Waals surface area contributed by atoms with Gasteiger partial charge in [-0.2, -0.15) is 13.2 Å². The molecule has 3 atom stereocenters. The molecule has 0 radical (unpaired) electrons. The van der Waals surface area contributed by atoms with E-state index in [1.165, 1.54) is 23.9 Å². The maximum Gasteiger partial charge on any atom is 0.501 e. The molecule has 0 aliphatic carbocycles. The van der Waals surface area contributed by atoms with Crippen molar-refractivity contribution in [1.29, 1.82) is 0 Å². The van der Waals surface area contributed by atoms with E-state index in [0.717, 1.165) is 52.2 Å². The van der Waals surface area contributed by atoms with Crippen LogP contribution >= 0.6 is 23.4 Å². The van der Waals surface area contributed by atoms with Crippen molar-refractivity contribution in [3.8, 4) is 11.1 Å². The summed E-state index contributed by atoms with van der Waals surface area (Å²) < 4.78 is 115. The Morgan fingerprint density at radius 1 is 0.900 bits per heavy atom. The van der Waals surface area contributed by atoms with Crippen molar-refractivity contribution in [1.82, 2.24) is 14.3 Å². The van der Waals surface area contributed by atoms with Crippen LogP contribution in [0.2, 0.25) is 5.02 Å². The number of amides is 1. The lowest BCUT2D eigenvalue weighted by atomic mass is 9.83. The minimum Gasteiger partial charge on any atom is -0.598 e. The maximum atomic E-state index is 14.2. The number of rotatable bonds is 21. The van der Waals surface area contributed by atoms with Gasteiger partial charge < -0.3 is 24.8 Å². The number of sulfonamides is 1. The number of sulfone groups is 1. The Balaban J connectivity index is 1.17. The first-order valence-electron chi connectivity index (χ1n) is 22.8. The molecule has 0 aromatic heterocycles. The van der Waals surface area contributed by atoms with E-state index in [-0.39, 0.29) is 24.1 Å². The van der Waals surface area contributed by atoms with Crippen LogP contribution in [0.5, 0.6) is 0 Å². The van der Waals surface area contributed by atoms with Gasteiger partial charge in [-0.15, -0.1) is 16.5 Å². The second-order valence-corrected chi connectivity index (χ2v) is 25.0. The van der Waals surface area contributed by atoms with Crippen LogP contribution in [-0.2, 0) is 31.2 Å². The van der Waals surface area contributed by atoms with Crippen molar-refractivity contribution in [3.05, 3.63) is 137 Å². The zero-order chi connectivity index (χ0) is 50.9. The number of carbonyl (C=O) groups excluding carboxylic acids is 1. The van der Waals surface area contributed by atoms with E-state index in [0.29, 0.717) is 56.0 Å². The van der Waals surface area contributed by atoms with Crippen LogP contribution in [-0.4, -0.2) is 98.7 Å². The monoisotopic (exact) mass is 1060 g/mol. The fourth-order valence-corrected chi connectivity index (χ4v) is 12.1. The summed E-state index contributed by atoms with van der Waals surface area (Å²) in [6, 6.07) is 32.6. The first kappa shape index (κ1) is 55.0. The van der Waals surface area contributed by atoms with Gasteiger partial charge in [-0.1, -0.05) is 73.1 Å². The van der Waals surface area contributed by atoms with Crippen molar-refractivity contribution in [2.45, 2.75) is 84.0 Å². The van der Waals surface area contributed by atoms with E-state index in [2.05, 4.69) is 21.0 Å². The number of halogens is 4. The van der Waals surface area contributed by atoms with Gasteiger partial charge >= 0.3 is 5.51 Å². The van der Waals surface area contributed by atoms with Crippen molar-refractivity contribution in [3.63, 3.8) is 0 Å². The molecule has 0 spiro atoms. The number of hydrogen-bond donors (Lipinski definition) is 4. The first-order valence-corrected chi connectivity index (χ1v) is 28.3. The summed E-state index contributed by atoms with van der Waals surface area (Å²) in [6.45, 7) is 10.2. The second-order valence-electron chi connectivity index (χ2n) is 17.9. The maximum absolute atomic E-state index is 14.2. The second kappa shape index (κ2) is 23.9. The fourth-order valence-electron chi connectivity index (χ4n) is 8.10. The SMILES string of the molecule is CCN(CCO)CC[C@H](CSc1ccccc1)Nc1ccc(S(=O)(=O)NC(=O)c2ccc(N3CCC([C@@H](N[S+]([O-])C(C)(C)C)c4ccccc4-c4ccc(Cl)cc4)CC3)cc2)cc1S(=O)(=O)C(F)(F)F. The Labute approximate surface area is 422 Å². The zero-order valence-corrected chi connectivity index (χ0v) is 43.3. The molecule has 20 heteroatoms. The molecule has 1 aliphatic rings. The molecular weight excluding hydrogens is 1000 g/mol. The van der Waals surface area contributed by atoms with E-state index in [4.69, 9.17) is 11.6 Å². The van der Waals surface area contributed by atoms with Crippen LogP contribution in [0.3, 0.4) is 0 Å². The van der Waals surface area contributed by atoms with E-state index in [1.54, 1.807) is 12.1 Å². The summed E-state index contributed by atoms with van der Waals surface area (Å²) in [7, 11) is -11.0. The Hall–Kier alpha value is -4.31. The highest BCUT2D eigenvalue weighted by atomic mass is 35.5. The fraction of sp³-hybridized carbons (Fsp3) is 0.380. The molecule has 1 amide bonds. The normalized spacial score (nSPS) is 15.4. The first-order chi connectivity index (χ1) is 33.1. The van der Waals surface area contributed by atoms with Crippen LogP contribution < -0.4 is 19.7 Å². The molecule has 5 aromatic rings. The van der Waals surface area contributed by atoms with Gasteiger partial charge in [0.25, 0.3) is 25.8 Å². The molecule has 12 nitrogen and oxygen atoms in total. The number of nitrogens with one attached hydrogen (secondary N) is 3. The van der Waals surface area contributed by atoms with Crippen LogP contribution in [0.15, 0.2) is 136 Å². The number of aliphatic hydroxyl groups excluding tert-OH is 1. The Morgan fingerprint density at radius 2 is 1.54 bits per heavy atom. The number of alkyl halides is 3. The lowest BCUT2D eigenvalue weighted by Crippen LogP contribution is -2.45. The summed E-state index contributed by atoms with van der Waals surface area (Å²) >= 11 is 6.23. The predicted molar refractivity (Wildman–Crippen MR) is 275 cm³/mol. The van der Waals surface area contributed by atoms with Crippen LogP contribution in [0.4, 0.5) is 24.5 Å². The standard InChI is InChI=1S/C50H59ClF3N5O7S4/c1-5-58(31-32-60)28-27-39(34-67-41-11-7-6-8-12-41)55-45-24-23-42(33-46(45)69(63,64)50(52,53)54)70(65,66)57-48(61)37-17-21-40(22-18-37)59-29-25-36(26-30-59)47(56-68(62)49(2,3)4)44-14-10-9-13-43(44)35-15-19-38(51)20-16-35/h6-24,33,36,39,47,55-56,60H,5,25-32,34H2,1-4H3,(H,57,61)/t39-,47-,68?/m1/s1. The largest absolute Gasteiger partial charge is 0.598 e. The molecule has 1 unspecified atom stereocenters. The molecule has 4 N–H and O–H groups in total. The molecule has 378 valence electrons. The molecule has 70 heavy (non-hydrogen) atoms. The third-order valence-electron chi connectivity index (χ3n) is 12.0. The van der Waals surface area contributed by atoms with E-state index < -0.39 is 68.9 Å². The smallest absolute Gasteiger partial charge is 0.501 e. The molecule has 0 saturated carbocycles. The quantitative estimate of drug-likeness (QED) is 0.0406. The number of benzene rings is 5. The Morgan fingerprint density at radius 3 is 2.16 bits per heavy atom. The third kappa shape index (κ3) is 14.2. The number of likely N-dealkylation sites (N-methyl/N-ethyl adjacent to an activating group) is 1. The van der Waals surface area contributed by atoms with Gasteiger partial charge in [0.15, 0.2) is 0 Å². The number of thioether (sulfide) groups is 1. The number of nitrogens with zero attached hydrogens (tertiary/aromatic N) is 2. The topological polar surface area (TPSA) is 171 Å². The van der Waals surface area contributed by atoms with E-state index in [9.17, 15) is 44.5 Å². The van der Waals surface area contributed by atoms with Crippen molar-refractivity contribution >= 4 is 71.9 Å². The highest BCUT2D eigenvalue weighted by molar-refractivity contribution is 7.99. The number of aliphatic hydroxyl groups is 1. The van der Waals surface area contributed by atoms with E-state index in [1.807, 2.05) is 110 Å². The average molecular weight is 1060 g/mol. The third-order valence-corrected chi connectivity index (χ3v) is 17.9. The van der Waals surface area contributed by atoms with Crippen LogP contribution in [0.1, 0.15) is 68.9 Å². The summed E-state index contributed by atoms with van der Waals surface area (Å²) in [6.07, 6.45) is 1.79. The summed E-state index contributed by atoms with van der Waals surface area (Å²) in [5, 5.41) is 13.1. The Bertz CT molecular complexity index is 2740. The minimum absolute atomic E-state index is 0.0579. The van der Waals surface area contributed by atoms with Crippen LogP contribution in [0, 0.1) is 5.92 Å². The lowest BCUT2D eigenvalue weighted by Gasteiger charge is -2.39. The van der Waals surface area contributed by atoms with Crippen molar-refractivity contribution in [2.75, 3.05) is 55.3 Å². The molecule has 1 saturated heterocycles. The number of carbonyl (C=O) groups is 1. The van der Waals surface area contributed by atoms with Gasteiger partial charge in [0.1, 0.15) is 9.64 Å². The average Bonchev–Trinajstić information content (AvgIpc) is 3.33. The number of anilines is 2. The number of hydrogen-bond acceptors (Lipinski definition) is 12. The van der Waals surface area contributed by atoms with Crippen molar-refractivity contribution < 1.29 is 44.5 Å². The van der Waals surface area contributed by atoms with Crippen LogP contribution in [0.25, 0.3) is 11.1 Å². The van der Waals surface area contributed by atoms with Gasteiger partial charge in [-0.05, 0) is 136 Å². The summed E-state index contributed by atoms with van der Waals surface area (Å²) in [5.74, 6) is -0.676. The molecule has 1 aliphatic heterocycles. The predicted octanol–water partition coefficient (Wildman–Crippen LogP) is 9.71. The minimum atomic E-state index is -6.11. The summed E-state index contributed by atoms with van der Waals surface area (Å²) in [4.78, 5) is 16.2. The van der Waals surface area contributed by atoms with Gasteiger partial charge in [0.05, 0.1) is 23.2 Å². The van der Waals surface area contributed by atoms with E-state index >= 15 is 0 Å². The molecule has 5 aromatic carbocycles. The van der Waals surface area contributed by atoms with Gasteiger partial charge in [0.2, 0.25) is 0 Å². The molecule has 6 rings (SSSR count). The van der Waals surface area contributed by atoms with Gasteiger partial charge in [-0.3, -0.25) is 4.79 Å². The summed E-state index contributed by atoms with van der Waals surface area (Å²) in [5.41, 5.74) is -2.53. The molecule has 1 fully saturated rings. The lowest BCUT2D eigenvalue weighted by molar-refractivity contribution is -0.0435. The van der Waals surface area contributed by atoms with Gasteiger partial charge in [-0.25, -0.2) is 21.6 Å². The molecule has 0 bridgehead atoms.